The summed E-state index contributed by atoms with van der Waals surface area (Å²) in [6.45, 7) is 2.86. The first kappa shape index (κ1) is 14.4. The lowest BCUT2D eigenvalue weighted by atomic mass is 10.1. The van der Waals surface area contributed by atoms with Crippen molar-refractivity contribution in [1.29, 1.82) is 0 Å². The van der Waals surface area contributed by atoms with Crippen molar-refractivity contribution in [2.24, 2.45) is 0 Å². The molecular weight excluding hydrogens is 370 g/mol. The molecule has 100 valence electrons. The van der Waals surface area contributed by atoms with Crippen molar-refractivity contribution in [3.63, 3.8) is 0 Å². The molecule has 0 aliphatic carbocycles. The lowest BCUT2D eigenvalue weighted by Gasteiger charge is -2.11. The van der Waals surface area contributed by atoms with E-state index in [1.54, 1.807) is 7.11 Å². The lowest BCUT2D eigenvalue weighted by molar-refractivity contribution is 0.414. The van der Waals surface area contributed by atoms with Crippen molar-refractivity contribution in [3.8, 4) is 5.75 Å². The molecule has 0 spiro atoms. The van der Waals surface area contributed by atoms with Crippen LogP contribution < -0.4 is 10.1 Å². The number of rotatable bonds is 4. The molecule has 2 rings (SSSR count). The quantitative estimate of drug-likeness (QED) is 0.787. The summed E-state index contributed by atoms with van der Waals surface area (Å²) in [5.41, 5.74) is 3.53. The molecule has 0 amide bonds. The molecular formula is C15H15Br2NO. The zero-order valence-corrected chi connectivity index (χ0v) is 14.0. The summed E-state index contributed by atoms with van der Waals surface area (Å²) in [6.07, 6.45) is 0. The SMILES string of the molecule is COc1ccc(NCc2ccc(Br)c(Br)c2)c(C)c1. The average molecular weight is 385 g/mol. The molecule has 4 heteroatoms. The molecule has 0 atom stereocenters. The third kappa shape index (κ3) is 3.74. The molecule has 0 aliphatic heterocycles. The van der Waals surface area contributed by atoms with Gasteiger partial charge in [-0.1, -0.05) is 6.07 Å². The van der Waals surface area contributed by atoms with Crippen LogP contribution >= 0.6 is 31.9 Å². The summed E-state index contributed by atoms with van der Waals surface area (Å²) in [5.74, 6) is 0.884. The highest BCUT2D eigenvalue weighted by atomic mass is 79.9. The van der Waals surface area contributed by atoms with Crippen LogP contribution in [-0.2, 0) is 6.54 Å². The van der Waals surface area contributed by atoms with Crippen LogP contribution in [0.15, 0.2) is 45.3 Å². The van der Waals surface area contributed by atoms with Gasteiger partial charge in [0.1, 0.15) is 5.75 Å². The van der Waals surface area contributed by atoms with Crippen LogP contribution in [0.2, 0.25) is 0 Å². The van der Waals surface area contributed by atoms with E-state index in [1.807, 2.05) is 24.3 Å². The standard InChI is InChI=1S/C15H15Br2NO/c1-10-7-12(19-2)4-6-15(10)18-9-11-3-5-13(16)14(17)8-11/h3-8,18H,9H2,1-2H3. The minimum atomic E-state index is 0.791. The Labute approximate surface area is 130 Å². The van der Waals surface area contributed by atoms with Gasteiger partial charge in [0, 0.05) is 21.2 Å². The largest absolute Gasteiger partial charge is 0.497 e. The van der Waals surface area contributed by atoms with Crippen LogP contribution in [0.25, 0.3) is 0 Å². The van der Waals surface area contributed by atoms with E-state index in [0.717, 1.165) is 26.9 Å². The second kappa shape index (κ2) is 6.44. The highest BCUT2D eigenvalue weighted by Crippen LogP contribution is 2.25. The molecule has 1 N–H and O–H groups in total. The van der Waals surface area contributed by atoms with Crippen molar-refractivity contribution in [2.45, 2.75) is 13.5 Å². The Hall–Kier alpha value is -1.000. The Morgan fingerprint density at radius 1 is 1.05 bits per heavy atom. The van der Waals surface area contributed by atoms with E-state index in [4.69, 9.17) is 4.74 Å². The molecule has 0 saturated heterocycles. The zero-order valence-electron chi connectivity index (χ0n) is 10.8. The fraction of sp³-hybridized carbons (Fsp3) is 0.200. The summed E-state index contributed by atoms with van der Waals surface area (Å²) in [7, 11) is 1.68. The number of hydrogen-bond acceptors (Lipinski definition) is 2. The number of nitrogens with one attached hydrogen (secondary N) is 1. The van der Waals surface area contributed by atoms with E-state index in [9.17, 15) is 0 Å². The molecule has 0 bridgehead atoms. The molecule has 0 aromatic heterocycles. The van der Waals surface area contributed by atoms with Gasteiger partial charge in [-0.15, -0.1) is 0 Å². The van der Waals surface area contributed by atoms with E-state index >= 15 is 0 Å². The monoisotopic (exact) mass is 383 g/mol. The van der Waals surface area contributed by atoms with Gasteiger partial charge in [-0.25, -0.2) is 0 Å². The first-order valence-corrected chi connectivity index (χ1v) is 7.51. The molecule has 2 nitrogen and oxygen atoms in total. The van der Waals surface area contributed by atoms with Crippen molar-refractivity contribution in [3.05, 3.63) is 56.5 Å². The van der Waals surface area contributed by atoms with Crippen LogP contribution in [0.1, 0.15) is 11.1 Å². The van der Waals surface area contributed by atoms with Crippen molar-refractivity contribution < 1.29 is 4.74 Å². The Balaban J connectivity index is 2.07. The molecule has 0 fully saturated rings. The Bertz CT molecular complexity index is 584. The highest BCUT2D eigenvalue weighted by molar-refractivity contribution is 9.13. The smallest absolute Gasteiger partial charge is 0.119 e. The first-order valence-electron chi connectivity index (χ1n) is 5.92. The number of methoxy groups -OCH3 is 1. The number of benzene rings is 2. The van der Waals surface area contributed by atoms with Gasteiger partial charge < -0.3 is 10.1 Å². The molecule has 0 radical (unpaired) electrons. The maximum Gasteiger partial charge on any atom is 0.119 e. The summed E-state index contributed by atoms with van der Waals surface area (Å²) in [6, 6.07) is 12.3. The fourth-order valence-electron chi connectivity index (χ4n) is 1.81. The number of hydrogen-bond donors (Lipinski definition) is 1. The van der Waals surface area contributed by atoms with Crippen molar-refractivity contribution in [1.82, 2.24) is 0 Å². The Kier molecular flexibility index (Phi) is 4.88. The molecule has 0 unspecified atom stereocenters. The molecule has 2 aromatic carbocycles. The summed E-state index contributed by atoms with van der Waals surface area (Å²) >= 11 is 6.99. The van der Waals surface area contributed by atoms with E-state index in [2.05, 4.69) is 56.2 Å². The normalized spacial score (nSPS) is 10.3. The third-order valence-corrected chi connectivity index (χ3v) is 4.78. The van der Waals surface area contributed by atoms with Crippen LogP contribution in [0.5, 0.6) is 5.75 Å². The van der Waals surface area contributed by atoms with Gasteiger partial charge in [0.25, 0.3) is 0 Å². The predicted octanol–water partition coefficient (Wildman–Crippen LogP) is 5.14. The minimum Gasteiger partial charge on any atom is -0.497 e. The number of aryl methyl sites for hydroxylation is 1. The van der Waals surface area contributed by atoms with E-state index in [-0.39, 0.29) is 0 Å². The van der Waals surface area contributed by atoms with Crippen LogP contribution in [0, 0.1) is 6.92 Å². The highest BCUT2D eigenvalue weighted by Gasteiger charge is 2.02. The second-order valence-electron chi connectivity index (χ2n) is 4.28. The van der Waals surface area contributed by atoms with Gasteiger partial charge in [-0.2, -0.15) is 0 Å². The Morgan fingerprint density at radius 3 is 2.47 bits per heavy atom. The number of anilines is 1. The number of halogens is 2. The molecule has 19 heavy (non-hydrogen) atoms. The maximum absolute atomic E-state index is 5.20. The van der Waals surface area contributed by atoms with Crippen LogP contribution in [0.3, 0.4) is 0 Å². The third-order valence-electron chi connectivity index (χ3n) is 2.90. The van der Waals surface area contributed by atoms with Gasteiger partial charge in [-0.3, -0.25) is 0 Å². The molecule has 0 saturated carbocycles. The molecule has 2 aromatic rings. The summed E-state index contributed by atoms with van der Waals surface area (Å²) < 4.78 is 7.34. The Morgan fingerprint density at radius 2 is 1.84 bits per heavy atom. The predicted molar refractivity (Wildman–Crippen MR) is 86.9 cm³/mol. The van der Waals surface area contributed by atoms with Crippen molar-refractivity contribution >= 4 is 37.5 Å². The van der Waals surface area contributed by atoms with E-state index in [0.29, 0.717) is 0 Å². The fourth-order valence-corrected chi connectivity index (χ4v) is 2.48. The average Bonchev–Trinajstić information content (AvgIpc) is 2.41. The van der Waals surface area contributed by atoms with E-state index in [1.165, 1.54) is 11.1 Å². The van der Waals surface area contributed by atoms with Gasteiger partial charge in [-0.05, 0) is 80.2 Å². The van der Waals surface area contributed by atoms with Gasteiger partial charge in [0.15, 0.2) is 0 Å². The molecule has 0 aliphatic rings. The van der Waals surface area contributed by atoms with Gasteiger partial charge in [0.05, 0.1) is 7.11 Å². The zero-order chi connectivity index (χ0) is 13.8. The lowest BCUT2D eigenvalue weighted by Crippen LogP contribution is -2.01. The van der Waals surface area contributed by atoms with E-state index < -0.39 is 0 Å². The number of ether oxygens (including phenoxy) is 1. The van der Waals surface area contributed by atoms with Crippen LogP contribution in [0.4, 0.5) is 5.69 Å². The topological polar surface area (TPSA) is 21.3 Å². The summed E-state index contributed by atoms with van der Waals surface area (Å²) in [5, 5.41) is 3.44. The maximum atomic E-state index is 5.20. The second-order valence-corrected chi connectivity index (χ2v) is 5.99. The van der Waals surface area contributed by atoms with Gasteiger partial charge in [0.2, 0.25) is 0 Å². The summed E-state index contributed by atoms with van der Waals surface area (Å²) in [4.78, 5) is 0. The first-order chi connectivity index (χ1) is 9.10. The van der Waals surface area contributed by atoms with Crippen LogP contribution in [-0.4, -0.2) is 7.11 Å². The van der Waals surface area contributed by atoms with Gasteiger partial charge >= 0.3 is 0 Å². The molecule has 0 heterocycles. The van der Waals surface area contributed by atoms with Crippen molar-refractivity contribution in [2.75, 3.05) is 12.4 Å². The minimum absolute atomic E-state index is 0.791.